The molecule has 20 heteroatoms. The second-order valence-corrected chi connectivity index (χ2v) is 12.3. The van der Waals surface area contributed by atoms with Crippen molar-refractivity contribution in [2.45, 2.75) is 69.1 Å². The zero-order chi connectivity index (χ0) is 39.5. The predicted octanol–water partition coefficient (Wildman–Crippen LogP) is -0.422. The molecule has 0 unspecified atom stereocenters. The first-order valence-corrected chi connectivity index (χ1v) is 17.1. The molecule has 20 nitrogen and oxygen atoms in total. The highest BCUT2D eigenvalue weighted by Gasteiger charge is 2.33. The third-order valence-corrected chi connectivity index (χ3v) is 8.12. The number of aliphatic carboxylic acids is 1. The molecule has 1 aliphatic rings. The molecule has 3 rings (SSSR count). The van der Waals surface area contributed by atoms with Crippen molar-refractivity contribution in [2.75, 3.05) is 19.6 Å². The Labute approximate surface area is 309 Å². The highest BCUT2D eigenvalue weighted by atomic mass is 16.4. The maximum absolute atomic E-state index is 13.9. The molecule has 54 heavy (non-hydrogen) atoms. The van der Waals surface area contributed by atoms with Gasteiger partial charge >= 0.3 is 5.97 Å². The van der Waals surface area contributed by atoms with Crippen LogP contribution in [0.4, 0.5) is 5.69 Å². The molecule has 2 aromatic rings. The van der Waals surface area contributed by atoms with Gasteiger partial charge < -0.3 is 48.1 Å². The Kier molecular flexibility index (Phi) is 16.7. The van der Waals surface area contributed by atoms with E-state index >= 15 is 0 Å². The van der Waals surface area contributed by atoms with Crippen molar-refractivity contribution in [3.63, 3.8) is 0 Å². The third kappa shape index (κ3) is 14.5. The zero-order valence-electron chi connectivity index (χ0n) is 29.3. The van der Waals surface area contributed by atoms with Crippen LogP contribution in [-0.2, 0) is 35.2 Å². The Morgan fingerprint density at radius 1 is 0.796 bits per heavy atom. The molecule has 0 aliphatic carbocycles. The fraction of sp³-hybridized carbons (Fsp3) is 0.412. The Bertz CT molecular complexity index is 1720. The fourth-order valence-electron chi connectivity index (χ4n) is 5.37. The van der Waals surface area contributed by atoms with Gasteiger partial charge in [0.25, 0.3) is 5.91 Å². The first-order chi connectivity index (χ1) is 25.9. The first kappa shape index (κ1) is 41.7. The minimum absolute atomic E-state index is 0.0360. The Hall–Kier alpha value is -6.69. The highest BCUT2D eigenvalue weighted by Crippen LogP contribution is 2.13. The number of nitrogens with two attached hydrogens (primary N) is 1. The van der Waals surface area contributed by atoms with Crippen LogP contribution < -0.4 is 43.0 Å². The van der Waals surface area contributed by atoms with Crippen molar-refractivity contribution < 1.29 is 38.7 Å². The molecule has 0 radical (unpaired) electrons. The average Bonchev–Trinajstić information content (AvgIpc) is 3.13. The number of carboxylic acid groups (broad SMARTS) is 1. The monoisotopic (exact) mass is 748 g/mol. The van der Waals surface area contributed by atoms with Gasteiger partial charge in [-0.1, -0.05) is 47.6 Å². The van der Waals surface area contributed by atoms with E-state index in [9.17, 15) is 38.7 Å². The van der Waals surface area contributed by atoms with Gasteiger partial charge in [-0.3, -0.25) is 39.0 Å². The summed E-state index contributed by atoms with van der Waals surface area (Å²) in [5.41, 5.74) is 15.2. The molecule has 11 N–H and O–H groups in total. The lowest BCUT2D eigenvalue weighted by Crippen LogP contribution is -2.58. The topological polar surface area (TPSA) is 323 Å². The first-order valence-electron chi connectivity index (χ1n) is 17.1. The summed E-state index contributed by atoms with van der Waals surface area (Å²) in [5, 5.41) is 38.1. The van der Waals surface area contributed by atoms with Gasteiger partial charge in [-0.25, -0.2) is 0 Å². The summed E-state index contributed by atoms with van der Waals surface area (Å²) in [5.74, 6) is -6.23. The van der Waals surface area contributed by atoms with E-state index in [-0.39, 0.29) is 50.6 Å². The number of nitrogens with zero attached hydrogens (tertiary/aromatic N) is 3. The number of rotatable bonds is 15. The SMILES string of the molecule is [N-]=[N+]=Nc1ccc(C(=O)NCCCC[C@@H]2NC(=O)[C@@H](Cc3ccccc3)NC(=O)[C@H](CC(=O)O)NC(=O)CNC(=O)[C@H](CCCNC(=N)N)NC2=O)cc1. The van der Waals surface area contributed by atoms with Crippen LogP contribution in [0.2, 0.25) is 0 Å². The largest absolute Gasteiger partial charge is 0.481 e. The molecule has 0 saturated carbocycles. The van der Waals surface area contributed by atoms with Crippen LogP contribution >= 0.6 is 0 Å². The second kappa shape index (κ2) is 21.6. The van der Waals surface area contributed by atoms with Gasteiger partial charge in [0.2, 0.25) is 29.5 Å². The zero-order valence-corrected chi connectivity index (χ0v) is 29.3. The minimum Gasteiger partial charge on any atom is -0.481 e. The molecular weight excluding hydrogens is 704 g/mol. The number of carbonyl (C=O) groups is 7. The van der Waals surface area contributed by atoms with Crippen LogP contribution in [0, 0.1) is 5.41 Å². The van der Waals surface area contributed by atoms with Gasteiger partial charge in [-0.15, -0.1) is 0 Å². The number of benzene rings is 2. The summed E-state index contributed by atoms with van der Waals surface area (Å²) >= 11 is 0. The molecule has 0 aromatic heterocycles. The van der Waals surface area contributed by atoms with E-state index < -0.39 is 72.6 Å². The number of carbonyl (C=O) groups excluding carboxylic acids is 6. The normalized spacial score (nSPS) is 19.5. The third-order valence-electron chi connectivity index (χ3n) is 8.12. The van der Waals surface area contributed by atoms with Gasteiger partial charge in [0.05, 0.1) is 13.0 Å². The van der Waals surface area contributed by atoms with Crippen LogP contribution in [0.5, 0.6) is 0 Å². The average molecular weight is 749 g/mol. The number of carboxylic acids is 1. The summed E-state index contributed by atoms with van der Waals surface area (Å²) in [6.45, 7) is -0.269. The van der Waals surface area contributed by atoms with Crippen molar-refractivity contribution in [3.05, 3.63) is 76.2 Å². The van der Waals surface area contributed by atoms with Crippen LogP contribution in [0.1, 0.15) is 54.4 Å². The van der Waals surface area contributed by atoms with Gasteiger partial charge in [0.1, 0.15) is 24.2 Å². The number of unbranched alkanes of at least 4 members (excludes halogenated alkanes) is 1. The van der Waals surface area contributed by atoms with Crippen molar-refractivity contribution in [2.24, 2.45) is 10.8 Å². The van der Waals surface area contributed by atoms with E-state index in [1.165, 1.54) is 24.3 Å². The lowest BCUT2D eigenvalue weighted by atomic mass is 10.0. The molecule has 0 bridgehead atoms. The van der Waals surface area contributed by atoms with Gasteiger partial charge in [0, 0.05) is 35.7 Å². The minimum atomic E-state index is -1.61. The Morgan fingerprint density at radius 3 is 2.04 bits per heavy atom. The quantitative estimate of drug-likeness (QED) is 0.0280. The smallest absolute Gasteiger partial charge is 0.305 e. The van der Waals surface area contributed by atoms with Crippen LogP contribution in [0.25, 0.3) is 10.4 Å². The molecule has 2 aromatic carbocycles. The fourth-order valence-corrected chi connectivity index (χ4v) is 5.37. The number of amides is 6. The van der Waals surface area contributed by atoms with E-state index in [1.807, 2.05) is 0 Å². The molecule has 1 saturated heterocycles. The number of azide groups is 1. The van der Waals surface area contributed by atoms with Crippen molar-refractivity contribution in [1.82, 2.24) is 37.2 Å². The van der Waals surface area contributed by atoms with E-state index in [4.69, 9.17) is 16.7 Å². The number of hydrogen-bond donors (Lipinski definition) is 10. The highest BCUT2D eigenvalue weighted by molar-refractivity contribution is 5.98. The molecule has 288 valence electrons. The second-order valence-electron chi connectivity index (χ2n) is 12.3. The van der Waals surface area contributed by atoms with Crippen molar-refractivity contribution >= 4 is 53.1 Å². The Balaban J connectivity index is 1.84. The van der Waals surface area contributed by atoms with Crippen LogP contribution in [0.3, 0.4) is 0 Å². The summed E-state index contributed by atoms with van der Waals surface area (Å²) in [6.07, 6.45) is 0.143. The summed E-state index contributed by atoms with van der Waals surface area (Å²) < 4.78 is 0. The van der Waals surface area contributed by atoms with Crippen molar-refractivity contribution in [1.29, 1.82) is 5.41 Å². The number of nitrogens with one attached hydrogen (secondary N) is 8. The molecule has 1 fully saturated rings. The summed E-state index contributed by atoms with van der Waals surface area (Å²) in [4.78, 5) is 93.9. The Morgan fingerprint density at radius 2 is 1.39 bits per heavy atom. The van der Waals surface area contributed by atoms with E-state index in [0.29, 0.717) is 29.7 Å². The maximum Gasteiger partial charge on any atom is 0.305 e. The molecule has 4 atom stereocenters. The number of hydrogen-bond acceptors (Lipinski definition) is 9. The lowest BCUT2D eigenvalue weighted by molar-refractivity contribution is -0.141. The van der Waals surface area contributed by atoms with Gasteiger partial charge in [-0.2, -0.15) is 0 Å². The standard InChI is InChI=1S/C34H44N12O8/c35-34(36)39-16-6-10-23-30(51)40-19-27(47)41-26(18-28(48)49)33(54)44-25(17-20-7-2-1-3-8-20)32(53)43-24(31(52)42-23)9-4-5-15-38-29(50)21-11-13-22(14-12-21)45-46-37/h1-3,7-8,11-14,23-26H,4-6,9-10,15-19H2,(H,38,50)(H,40,51)(H,41,47)(H,42,52)(H,43,53)(H,44,54)(H,48,49)(H4,35,36,39)/t23-,24-,25+,26-/m0/s1. The summed E-state index contributed by atoms with van der Waals surface area (Å²) in [7, 11) is 0. The predicted molar refractivity (Wildman–Crippen MR) is 194 cm³/mol. The van der Waals surface area contributed by atoms with E-state index in [1.54, 1.807) is 30.3 Å². The van der Waals surface area contributed by atoms with E-state index in [2.05, 4.69) is 47.2 Å². The molecule has 1 aliphatic heterocycles. The van der Waals surface area contributed by atoms with Gasteiger partial charge in [0.15, 0.2) is 5.96 Å². The molecule has 6 amide bonds. The molecular formula is C34H44N12O8. The molecule has 0 spiro atoms. The lowest BCUT2D eigenvalue weighted by Gasteiger charge is -2.26. The maximum atomic E-state index is 13.9. The molecule has 1 heterocycles. The van der Waals surface area contributed by atoms with Gasteiger partial charge in [-0.05, 0) is 55.3 Å². The van der Waals surface area contributed by atoms with Crippen LogP contribution in [0.15, 0.2) is 59.7 Å². The summed E-state index contributed by atoms with van der Waals surface area (Å²) in [6, 6.07) is 9.24. The van der Waals surface area contributed by atoms with Crippen LogP contribution in [-0.4, -0.2) is 96.3 Å². The number of guanidine groups is 1. The van der Waals surface area contributed by atoms with Crippen molar-refractivity contribution in [3.8, 4) is 0 Å². The van der Waals surface area contributed by atoms with E-state index in [0.717, 1.165) is 0 Å².